The zero-order valence-electron chi connectivity index (χ0n) is 24.5. The SMILES string of the molecule is Cc1ccc(S(=O)(=O)N2C[C@H](N=[N+]=[N-])C[C@H]2C(=O)N[C@@H](Cc2ccc(OC(=O)N(C)C)cc2)OC(=O)C(C)(C)C)cc1. The van der Waals surface area contributed by atoms with Crippen molar-refractivity contribution in [1.82, 2.24) is 14.5 Å². The summed E-state index contributed by atoms with van der Waals surface area (Å²) in [5, 5.41) is 6.35. The third kappa shape index (κ3) is 8.21. The van der Waals surface area contributed by atoms with Crippen molar-refractivity contribution in [2.75, 3.05) is 20.6 Å². The number of carbonyl (C=O) groups excluding carboxylic acids is 3. The standard InChI is InChI=1S/C28H36N6O7S/c1-18-7-13-22(14-8-18)42(38,39)34-17-20(31-32-29)16-23(34)25(35)30-24(41-26(36)28(2,3)4)15-19-9-11-21(12-10-19)40-27(37)33(5)6/h7-14,20,23-24H,15-17H2,1-6H3,(H,30,35)/t20-,23+,24-/m1/s1. The van der Waals surface area contributed by atoms with E-state index in [0.717, 1.165) is 9.87 Å². The number of ether oxygens (including phenoxy) is 2. The van der Waals surface area contributed by atoms with Gasteiger partial charge in [0, 0.05) is 32.0 Å². The molecule has 13 nitrogen and oxygen atoms in total. The van der Waals surface area contributed by atoms with Crippen LogP contribution in [0.3, 0.4) is 0 Å². The van der Waals surface area contributed by atoms with Crippen molar-refractivity contribution in [2.45, 2.75) is 63.7 Å². The van der Waals surface area contributed by atoms with Crippen LogP contribution >= 0.6 is 0 Å². The first-order valence-electron chi connectivity index (χ1n) is 13.2. The van der Waals surface area contributed by atoms with Gasteiger partial charge in [-0.1, -0.05) is 34.9 Å². The maximum absolute atomic E-state index is 13.6. The van der Waals surface area contributed by atoms with Crippen LogP contribution in [0.5, 0.6) is 5.75 Å². The Morgan fingerprint density at radius 2 is 1.74 bits per heavy atom. The summed E-state index contributed by atoms with van der Waals surface area (Å²) in [5.41, 5.74) is 9.60. The van der Waals surface area contributed by atoms with Gasteiger partial charge in [0.05, 0.1) is 16.4 Å². The highest BCUT2D eigenvalue weighted by Crippen LogP contribution is 2.29. The fourth-order valence-electron chi connectivity index (χ4n) is 4.07. The van der Waals surface area contributed by atoms with Crippen LogP contribution in [0.4, 0.5) is 4.79 Å². The first-order valence-corrected chi connectivity index (χ1v) is 14.7. The second-order valence-corrected chi connectivity index (χ2v) is 13.2. The highest BCUT2D eigenvalue weighted by Gasteiger charge is 2.44. The van der Waals surface area contributed by atoms with Crippen LogP contribution < -0.4 is 10.1 Å². The van der Waals surface area contributed by atoms with E-state index in [9.17, 15) is 22.8 Å². The Bertz CT molecular complexity index is 1450. The topological polar surface area (TPSA) is 171 Å². The Morgan fingerprint density at radius 3 is 2.29 bits per heavy atom. The molecule has 1 aliphatic rings. The van der Waals surface area contributed by atoms with Gasteiger partial charge in [-0.25, -0.2) is 13.2 Å². The highest BCUT2D eigenvalue weighted by molar-refractivity contribution is 7.89. The van der Waals surface area contributed by atoms with E-state index in [0.29, 0.717) is 11.3 Å². The van der Waals surface area contributed by atoms with E-state index < -0.39 is 51.7 Å². The Balaban J connectivity index is 1.86. The third-order valence-electron chi connectivity index (χ3n) is 6.46. The van der Waals surface area contributed by atoms with Crippen molar-refractivity contribution in [3.63, 3.8) is 0 Å². The molecule has 1 heterocycles. The number of hydrogen-bond donors (Lipinski definition) is 1. The Hall–Kier alpha value is -4.13. The predicted octanol–water partition coefficient (Wildman–Crippen LogP) is 3.77. The summed E-state index contributed by atoms with van der Waals surface area (Å²) in [7, 11) is -1.02. The average molecular weight is 601 g/mol. The first kappa shape index (κ1) is 32.4. The van der Waals surface area contributed by atoms with Gasteiger partial charge in [-0.3, -0.25) is 9.59 Å². The van der Waals surface area contributed by atoms with Crippen molar-refractivity contribution in [3.8, 4) is 5.75 Å². The van der Waals surface area contributed by atoms with Crippen molar-refractivity contribution >= 4 is 28.0 Å². The maximum Gasteiger partial charge on any atom is 0.414 e. The lowest BCUT2D eigenvalue weighted by Gasteiger charge is -2.28. The monoisotopic (exact) mass is 600 g/mol. The minimum absolute atomic E-state index is 0.00162. The van der Waals surface area contributed by atoms with E-state index >= 15 is 0 Å². The summed E-state index contributed by atoms with van der Waals surface area (Å²) < 4.78 is 39.0. The van der Waals surface area contributed by atoms with Gasteiger partial charge in [0.15, 0.2) is 6.23 Å². The molecule has 0 aliphatic carbocycles. The molecule has 0 bridgehead atoms. The molecule has 0 spiro atoms. The lowest BCUT2D eigenvalue weighted by molar-refractivity contribution is -0.161. The number of aryl methyl sites for hydroxylation is 1. The number of benzene rings is 2. The highest BCUT2D eigenvalue weighted by atomic mass is 32.2. The number of rotatable bonds is 9. The Kier molecular flexibility index (Phi) is 10.2. The van der Waals surface area contributed by atoms with Crippen LogP contribution in [0.1, 0.15) is 38.3 Å². The summed E-state index contributed by atoms with van der Waals surface area (Å²) in [4.78, 5) is 42.3. The zero-order chi connectivity index (χ0) is 31.2. The summed E-state index contributed by atoms with van der Waals surface area (Å²) in [6.07, 6.45) is -1.70. The number of nitrogens with zero attached hydrogens (tertiary/aromatic N) is 5. The van der Waals surface area contributed by atoms with Gasteiger partial charge in [-0.05, 0) is 69.5 Å². The van der Waals surface area contributed by atoms with Gasteiger partial charge in [0.1, 0.15) is 11.8 Å². The number of azide groups is 1. The maximum atomic E-state index is 13.6. The van der Waals surface area contributed by atoms with Gasteiger partial charge < -0.3 is 19.7 Å². The second-order valence-electron chi connectivity index (χ2n) is 11.3. The molecule has 1 fully saturated rings. The van der Waals surface area contributed by atoms with E-state index in [2.05, 4.69) is 15.3 Å². The van der Waals surface area contributed by atoms with E-state index in [-0.39, 0.29) is 24.3 Å². The summed E-state index contributed by atoms with van der Waals surface area (Å²) in [6, 6.07) is 10.7. The Morgan fingerprint density at radius 1 is 1.12 bits per heavy atom. The molecule has 0 saturated carbocycles. The van der Waals surface area contributed by atoms with Crippen LogP contribution in [0.15, 0.2) is 58.5 Å². The summed E-state index contributed by atoms with van der Waals surface area (Å²) in [6.45, 7) is 6.64. The van der Waals surface area contributed by atoms with Crippen LogP contribution in [0.25, 0.3) is 10.4 Å². The molecule has 2 aromatic carbocycles. The molecule has 2 aromatic rings. The van der Waals surface area contributed by atoms with Crippen molar-refractivity contribution in [3.05, 3.63) is 70.1 Å². The van der Waals surface area contributed by atoms with Crippen LogP contribution in [0, 0.1) is 12.3 Å². The number of sulfonamides is 1. The molecule has 0 aromatic heterocycles. The quantitative estimate of drug-likeness (QED) is 0.150. The number of esters is 1. The van der Waals surface area contributed by atoms with Crippen molar-refractivity contribution in [2.24, 2.45) is 10.5 Å². The molecule has 1 N–H and O–H groups in total. The van der Waals surface area contributed by atoms with Gasteiger partial charge in [-0.15, -0.1) is 0 Å². The molecule has 1 saturated heterocycles. The molecular formula is C28H36N6O7S. The van der Waals surface area contributed by atoms with Gasteiger partial charge in [0.25, 0.3) is 0 Å². The number of carbonyl (C=O) groups is 3. The minimum Gasteiger partial charge on any atom is -0.441 e. The number of hydrogen-bond acceptors (Lipinski definition) is 8. The molecule has 14 heteroatoms. The van der Waals surface area contributed by atoms with Crippen molar-refractivity contribution < 1.29 is 32.3 Å². The largest absolute Gasteiger partial charge is 0.441 e. The van der Waals surface area contributed by atoms with Crippen LogP contribution in [0.2, 0.25) is 0 Å². The van der Waals surface area contributed by atoms with Crippen LogP contribution in [-0.2, 0) is 30.8 Å². The van der Waals surface area contributed by atoms with Crippen LogP contribution in [-0.4, -0.2) is 74.5 Å². The summed E-state index contributed by atoms with van der Waals surface area (Å²) in [5.74, 6) is -0.979. The molecule has 2 amide bonds. The Labute approximate surface area is 245 Å². The lowest BCUT2D eigenvalue weighted by atomic mass is 9.97. The zero-order valence-corrected chi connectivity index (χ0v) is 25.3. The molecule has 0 unspecified atom stereocenters. The molecule has 0 radical (unpaired) electrons. The summed E-state index contributed by atoms with van der Waals surface area (Å²) >= 11 is 0. The minimum atomic E-state index is -4.13. The third-order valence-corrected chi connectivity index (χ3v) is 8.35. The normalized spacial score (nSPS) is 18.0. The van der Waals surface area contributed by atoms with E-state index in [1.54, 1.807) is 71.3 Å². The van der Waals surface area contributed by atoms with Gasteiger partial charge in [-0.2, -0.15) is 4.31 Å². The van der Waals surface area contributed by atoms with Gasteiger partial charge in [0.2, 0.25) is 15.9 Å². The predicted molar refractivity (Wildman–Crippen MR) is 154 cm³/mol. The first-order chi connectivity index (χ1) is 19.6. The molecular weight excluding hydrogens is 564 g/mol. The molecule has 42 heavy (non-hydrogen) atoms. The number of nitrogens with one attached hydrogen (secondary N) is 1. The second kappa shape index (κ2) is 13.2. The van der Waals surface area contributed by atoms with E-state index in [1.165, 1.54) is 17.0 Å². The molecule has 226 valence electrons. The fourth-order valence-corrected chi connectivity index (χ4v) is 5.71. The smallest absolute Gasteiger partial charge is 0.414 e. The molecule has 1 aliphatic heterocycles. The van der Waals surface area contributed by atoms with Crippen molar-refractivity contribution in [1.29, 1.82) is 0 Å². The van der Waals surface area contributed by atoms with Gasteiger partial charge >= 0.3 is 12.1 Å². The number of amides is 2. The molecule has 3 atom stereocenters. The van der Waals surface area contributed by atoms with E-state index in [1.807, 2.05) is 6.92 Å². The average Bonchev–Trinajstić information content (AvgIpc) is 3.34. The molecule has 3 rings (SSSR count). The lowest BCUT2D eigenvalue weighted by Crippen LogP contribution is -2.51. The fraction of sp³-hybridized carbons (Fsp3) is 0.464. The van der Waals surface area contributed by atoms with E-state index in [4.69, 9.17) is 15.0 Å².